The van der Waals surface area contributed by atoms with Crippen LogP contribution in [0.25, 0.3) is 11.1 Å². The molecule has 0 spiro atoms. The van der Waals surface area contributed by atoms with Gasteiger partial charge in [0.05, 0.1) is 11.1 Å². The molecule has 0 aliphatic carbocycles. The van der Waals surface area contributed by atoms with Gasteiger partial charge in [-0.05, 0) is 47.5 Å². The van der Waals surface area contributed by atoms with Gasteiger partial charge in [-0.3, -0.25) is 0 Å². The maximum absolute atomic E-state index is 13.4. The lowest BCUT2D eigenvalue weighted by Crippen LogP contribution is -2.12. The smallest absolute Gasteiger partial charge is 0.166 e. The van der Waals surface area contributed by atoms with Gasteiger partial charge in [0, 0.05) is 31.6 Å². The summed E-state index contributed by atoms with van der Waals surface area (Å²) in [5, 5.41) is 0.123. The number of rotatable bonds is 6. The Morgan fingerprint density at radius 2 is 0.903 bits per heavy atom. The first-order valence-electron chi connectivity index (χ1n) is 8.33. The van der Waals surface area contributed by atoms with Crippen molar-refractivity contribution in [1.82, 2.24) is 0 Å². The average molecular weight is 540 g/mol. The number of hydrogen-bond donors (Lipinski definition) is 0. The van der Waals surface area contributed by atoms with Crippen LogP contribution in [0.3, 0.4) is 0 Å². The van der Waals surface area contributed by atoms with Crippen molar-refractivity contribution in [2.75, 3.05) is 11.5 Å². The maximum Gasteiger partial charge on any atom is 0.416 e. The molecule has 168 valence electrons. The first-order valence-corrected chi connectivity index (χ1v) is 11.0. The Hall–Kier alpha value is -0.990. The number of alkyl halides is 6. The average Bonchev–Trinajstić information content (AvgIpc) is 2.56. The van der Waals surface area contributed by atoms with Crippen LogP contribution in [0.15, 0.2) is 48.6 Å². The summed E-state index contributed by atoms with van der Waals surface area (Å²) in [4.78, 5) is 0. The van der Waals surface area contributed by atoms with Crippen LogP contribution < -0.4 is 0 Å². The highest BCUT2D eigenvalue weighted by Crippen LogP contribution is 2.38. The Morgan fingerprint density at radius 1 is 0.613 bits per heavy atom. The molecule has 0 atom stereocenters. The van der Waals surface area contributed by atoms with Crippen LogP contribution in [0.2, 0.25) is 20.1 Å². The van der Waals surface area contributed by atoms with Gasteiger partial charge in [0.2, 0.25) is 0 Å². The standard InChI is InChI=1S/C20H12Cl4F6S/c21-13-5-11(6-14(22)9-13)17(19(25,26)27)1-3-31-4-2-18(20(28,29)30)12-7-15(23)10-16(24)8-12/h1-2,5-10H,3-4H2. The number of allylic oxidation sites excluding steroid dienone is 2. The molecule has 0 heterocycles. The van der Waals surface area contributed by atoms with Crippen molar-refractivity contribution in [3.8, 4) is 0 Å². The molecule has 0 bridgehead atoms. The fourth-order valence-corrected chi connectivity index (χ4v) is 4.32. The van der Waals surface area contributed by atoms with E-state index in [9.17, 15) is 26.3 Å². The largest absolute Gasteiger partial charge is 0.416 e. The topological polar surface area (TPSA) is 0 Å². The van der Waals surface area contributed by atoms with Crippen LogP contribution in [0.4, 0.5) is 26.3 Å². The summed E-state index contributed by atoms with van der Waals surface area (Å²) in [6.45, 7) is 0. The number of hydrogen-bond acceptors (Lipinski definition) is 1. The van der Waals surface area contributed by atoms with Gasteiger partial charge < -0.3 is 0 Å². The third kappa shape index (κ3) is 8.13. The molecular weight excluding hydrogens is 528 g/mol. The van der Waals surface area contributed by atoms with E-state index < -0.39 is 23.5 Å². The van der Waals surface area contributed by atoms with Crippen LogP contribution in [-0.2, 0) is 0 Å². The van der Waals surface area contributed by atoms with E-state index in [4.69, 9.17) is 46.4 Å². The summed E-state index contributed by atoms with van der Waals surface area (Å²) < 4.78 is 80.5. The van der Waals surface area contributed by atoms with Gasteiger partial charge in [0.25, 0.3) is 0 Å². The van der Waals surface area contributed by atoms with E-state index in [1.807, 2.05) is 0 Å². The molecule has 0 saturated heterocycles. The van der Waals surface area contributed by atoms with Gasteiger partial charge >= 0.3 is 12.4 Å². The molecule has 0 fully saturated rings. The number of thioether (sulfide) groups is 1. The highest BCUT2D eigenvalue weighted by Gasteiger charge is 2.35. The lowest BCUT2D eigenvalue weighted by atomic mass is 10.1. The van der Waals surface area contributed by atoms with Crippen molar-refractivity contribution in [1.29, 1.82) is 0 Å². The molecule has 0 saturated carbocycles. The predicted octanol–water partition coefficient (Wildman–Crippen LogP) is 9.62. The van der Waals surface area contributed by atoms with Crippen LogP contribution in [0.5, 0.6) is 0 Å². The van der Waals surface area contributed by atoms with Crippen molar-refractivity contribution in [2.24, 2.45) is 0 Å². The summed E-state index contributed by atoms with van der Waals surface area (Å²) >= 11 is 23.9. The lowest BCUT2D eigenvalue weighted by Gasteiger charge is -2.14. The predicted molar refractivity (Wildman–Crippen MR) is 118 cm³/mol. The molecule has 31 heavy (non-hydrogen) atoms. The molecule has 0 amide bonds. The zero-order valence-corrected chi connectivity index (χ0v) is 19.1. The lowest BCUT2D eigenvalue weighted by molar-refractivity contribution is -0.0698. The maximum atomic E-state index is 13.4. The monoisotopic (exact) mass is 538 g/mol. The molecule has 11 heteroatoms. The van der Waals surface area contributed by atoms with Gasteiger partial charge in [-0.15, -0.1) is 0 Å². The highest BCUT2D eigenvalue weighted by atomic mass is 35.5. The van der Waals surface area contributed by atoms with E-state index in [2.05, 4.69) is 0 Å². The van der Waals surface area contributed by atoms with Gasteiger partial charge in [-0.2, -0.15) is 38.1 Å². The van der Waals surface area contributed by atoms with Gasteiger partial charge in [-0.1, -0.05) is 58.6 Å². The molecule has 2 rings (SSSR count). The fraction of sp³-hybridized carbons (Fsp3) is 0.200. The SMILES string of the molecule is FC(F)(F)C(=CCSCC=C(c1cc(Cl)cc(Cl)c1)C(F)(F)F)c1cc(Cl)cc(Cl)c1. The van der Waals surface area contributed by atoms with Crippen molar-refractivity contribution in [3.63, 3.8) is 0 Å². The Balaban J connectivity index is 2.21. The minimum Gasteiger partial charge on any atom is -0.166 e. The quantitative estimate of drug-likeness (QED) is 0.260. The zero-order chi connectivity index (χ0) is 23.4. The normalized spacial score (nSPS) is 13.6. The van der Waals surface area contributed by atoms with E-state index in [0.29, 0.717) is 0 Å². The Kier molecular flexibility index (Phi) is 9.11. The van der Waals surface area contributed by atoms with Gasteiger partial charge in [-0.25, -0.2) is 0 Å². The molecule has 0 nitrogen and oxygen atoms in total. The highest BCUT2D eigenvalue weighted by molar-refractivity contribution is 7.99. The molecular formula is C20H12Cl4F6S. The first kappa shape index (κ1) is 26.3. The summed E-state index contributed by atoms with van der Waals surface area (Å²) in [7, 11) is 0. The summed E-state index contributed by atoms with van der Waals surface area (Å²) in [5.74, 6) is -0.395. The van der Waals surface area contributed by atoms with Crippen LogP contribution in [0.1, 0.15) is 11.1 Å². The van der Waals surface area contributed by atoms with E-state index >= 15 is 0 Å². The second kappa shape index (κ2) is 10.8. The zero-order valence-electron chi connectivity index (χ0n) is 15.2. The molecule has 0 radical (unpaired) electrons. The van der Waals surface area contributed by atoms with Crippen molar-refractivity contribution in [2.45, 2.75) is 12.4 Å². The van der Waals surface area contributed by atoms with E-state index in [0.717, 1.165) is 48.2 Å². The molecule has 0 aliphatic rings. The third-order valence-corrected chi connectivity index (χ3v) is 5.45. The second-order valence-electron chi connectivity index (χ2n) is 6.08. The van der Waals surface area contributed by atoms with Crippen molar-refractivity contribution in [3.05, 3.63) is 79.8 Å². The Morgan fingerprint density at radius 3 is 1.16 bits per heavy atom. The molecule has 0 aliphatic heterocycles. The summed E-state index contributed by atoms with van der Waals surface area (Å²) in [6.07, 6.45) is -7.63. The summed E-state index contributed by atoms with van der Waals surface area (Å²) in [5.41, 5.74) is -2.42. The molecule has 0 unspecified atom stereocenters. The minimum absolute atomic E-state index is 0.0308. The minimum atomic E-state index is -4.70. The van der Waals surface area contributed by atoms with Crippen LogP contribution in [-0.4, -0.2) is 23.9 Å². The van der Waals surface area contributed by atoms with Crippen molar-refractivity contribution >= 4 is 69.3 Å². The Labute approximate surface area is 198 Å². The molecule has 2 aromatic carbocycles. The van der Waals surface area contributed by atoms with E-state index in [1.165, 1.54) is 12.1 Å². The van der Waals surface area contributed by atoms with E-state index in [-0.39, 0.29) is 42.7 Å². The van der Waals surface area contributed by atoms with Crippen LogP contribution in [0, 0.1) is 0 Å². The van der Waals surface area contributed by atoms with E-state index in [1.54, 1.807) is 0 Å². The first-order chi connectivity index (χ1) is 14.3. The third-order valence-electron chi connectivity index (χ3n) is 3.77. The molecule has 0 N–H and O–H groups in total. The van der Waals surface area contributed by atoms with Gasteiger partial charge in [0.15, 0.2) is 0 Å². The Bertz CT molecular complexity index is 876. The summed E-state index contributed by atoms with van der Waals surface area (Å²) in [6, 6.07) is 7.04. The molecule has 0 aromatic heterocycles. The second-order valence-corrected chi connectivity index (χ2v) is 8.91. The number of halogens is 10. The fourth-order valence-electron chi connectivity index (χ4n) is 2.57. The van der Waals surface area contributed by atoms with Gasteiger partial charge in [0.1, 0.15) is 0 Å². The molecule has 2 aromatic rings. The van der Waals surface area contributed by atoms with Crippen molar-refractivity contribution < 1.29 is 26.3 Å². The number of benzene rings is 2. The van der Waals surface area contributed by atoms with Crippen LogP contribution >= 0.6 is 58.2 Å².